The van der Waals surface area contributed by atoms with E-state index < -0.39 is 18.3 Å². The molecule has 0 heterocycles. The van der Waals surface area contributed by atoms with Gasteiger partial charge in [0.05, 0.1) is 10.5 Å². The second-order valence-electron chi connectivity index (χ2n) is 2.53. The van der Waals surface area contributed by atoms with E-state index in [1.165, 1.54) is 12.1 Å². The Bertz CT molecular complexity index is 303. The Kier molecular flexibility index (Phi) is 3.33. The maximum absolute atomic E-state index is 12.7. The molecule has 0 saturated carbocycles. The van der Waals surface area contributed by atoms with Crippen LogP contribution in [0, 0.1) is 5.82 Å². The van der Waals surface area contributed by atoms with Gasteiger partial charge in [-0.15, -0.1) is 0 Å². The summed E-state index contributed by atoms with van der Waals surface area (Å²) in [6.45, 7) is 0. The molecule has 1 aromatic rings. The lowest BCUT2D eigenvalue weighted by atomic mass is 10.1. The Morgan fingerprint density at radius 2 is 1.92 bits per heavy atom. The van der Waals surface area contributed by atoms with E-state index >= 15 is 0 Å². The van der Waals surface area contributed by atoms with Crippen molar-refractivity contribution in [2.24, 2.45) is 5.73 Å². The molecule has 0 unspecified atom stereocenters. The lowest BCUT2D eigenvalue weighted by Crippen LogP contribution is -2.18. The molecule has 0 saturated heterocycles. The predicted molar refractivity (Wildman–Crippen MR) is 47.0 cm³/mol. The molecule has 1 atom stereocenters. The first-order valence-electron chi connectivity index (χ1n) is 3.51. The van der Waals surface area contributed by atoms with Crippen LogP contribution in [0.15, 0.2) is 22.7 Å². The van der Waals surface area contributed by atoms with Gasteiger partial charge in [0.15, 0.2) is 0 Å². The van der Waals surface area contributed by atoms with E-state index in [1.54, 1.807) is 0 Å². The van der Waals surface area contributed by atoms with Crippen molar-refractivity contribution < 1.29 is 13.2 Å². The summed E-state index contributed by atoms with van der Waals surface area (Å²) < 4.78 is 37.1. The number of hydrogen-bond acceptors (Lipinski definition) is 1. The molecule has 0 radical (unpaired) electrons. The fraction of sp³-hybridized carbons (Fsp3) is 0.250. The number of halogens is 4. The van der Waals surface area contributed by atoms with Gasteiger partial charge in [0.2, 0.25) is 0 Å². The van der Waals surface area contributed by atoms with Crippen molar-refractivity contribution in [3.05, 3.63) is 34.1 Å². The van der Waals surface area contributed by atoms with Gasteiger partial charge in [0.25, 0.3) is 6.43 Å². The monoisotopic (exact) mass is 253 g/mol. The summed E-state index contributed by atoms with van der Waals surface area (Å²) in [5.41, 5.74) is 5.37. The minimum absolute atomic E-state index is 0.140. The highest BCUT2D eigenvalue weighted by atomic mass is 79.9. The SMILES string of the molecule is N[C@H](c1ccc(F)c(Br)c1)C(F)F. The fourth-order valence-corrected chi connectivity index (χ4v) is 1.26. The van der Waals surface area contributed by atoms with Gasteiger partial charge in [-0.05, 0) is 33.6 Å². The van der Waals surface area contributed by atoms with Crippen LogP contribution in [0.3, 0.4) is 0 Å². The summed E-state index contributed by atoms with van der Waals surface area (Å²) in [5, 5.41) is 0. The Morgan fingerprint density at radius 1 is 1.31 bits per heavy atom. The lowest BCUT2D eigenvalue weighted by Gasteiger charge is -2.10. The normalized spacial score (nSPS) is 13.4. The highest BCUT2D eigenvalue weighted by molar-refractivity contribution is 9.10. The summed E-state index contributed by atoms with van der Waals surface area (Å²) in [6, 6.07) is 2.24. The maximum Gasteiger partial charge on any atom is 0.257 e. The summed E-state index contributed by atoms with van der Waals surface area (Å²) in [4.78, 5) is 0. The average molecular weight is 254 g/mol. The van der Waals surface area contributed by atoms with Gasteiger partial charge in [-0.1, -0.05) is 6.07 Å². The van der Waals surface area contributed by atoms with E-state index in [0.29, 0.717) is 0 Å². The summed E-state index contributed by atoms with van der Waals surface area (Å²) in [7, 11) is 0. The van der Waals surface area contributed by atoms with E-state index in [1.807, 2.05) is 0 Å². The Hall–Kier alpha value is -0.550. The zero-order valence-electron chi connectivity index (χ0n) is 6.48. The van der Waals surface area contributed by atoms with Gasteiger partial charge in [0.1, 0.15) is 5.82 Å². The van der Waals surface area contributed by atoms with Crippen molar-refractivity contribution in [3.63, 3.8) is 0 Å². The first-order valence-corrected chi connectivity index (χ1v) is 4.30. The molecule has 0 aliphatic rings. The molecule has 1 aromatic carbocycles. The van der Waals surface area contributed by atoms with Gasteiger partial charge >= 0.3 is 0 Å². The number of benzene rings is 1. The minimum Gasteiger partial charge on any atom is -0.319 e. The van der Waals surface area contributed by atoms with Gasteiger partial charge < -0.3 is 5.73 Å². The van der Waals surface area contributed by atoms with Crippen LogP contribution in [-0.2, 0) is 0 Å². The lowest BCUT2D eigenvalue weighted by molar-refractivity contribution is 0.116. The second kappa shape index (κ2) is 4.11. The molecular weight excluding hydrogens is 247 g/mol. The van der Waals surface area contributed by atoms with E-state index in [4.69, 9.17) is 5.73 Å². The molecule has 0 aliphatic heterocycles. The minimum atomic E-state index is -2.64. The highest BCUT2D eigenvalue weighted by Crippen LogP contribution is 2.23. The van der Waals surface area contributed by atoms with E-state index in [9.17, 15) is 13.2 Å². The first kappa shape index (κ1) is 10.5. The number of hydrogen-bond donors (Lipinski definition) is 1. The standard InChI is InChI=1S/C8H7BrF3N/c9-5-3-4(1-2-6(5)10)7(13)8(11)12/h1-3,7-8H,13H2/t7-/m1/s1. The van der Waals surface area contributed by atoms with E-state index in [-0.39, 0.29) is 10.0 Å². The molecule has 0 aromatic heterocycles. The molecule has 0 spiro atoms. The first-order chi connectivity index (χ1) is 6.02. The zero-order chi connectivity index (χ0) is 10.0. The predicted octanol–water partition coefficient (Wildman–Crippen LogP) is 2.85. The van der Waals surface area contributed by atoms with E-state index in [0.717, 1.165) is 6.07 Å². The van der Waals surface area contributed by atoms with Crippen LogP contribution >= 0.6 is 15.9 Å². The van der Waals surface area contributed by atoms with Crippen LogP contribution in [0.25, 0.3) is 0 Å². The molecule has 5 heteroatoms. The van der Waals surface area contributed by atoms with Crippen LogP contribution in [0.1, 0.15) is 11.6 Å². The summed E-state index contributed by atoms with van der Waals surface area (Å²) in [5.74, 6) is -0.495. The maximum atomic E-state index is 12.7. The molecule has 0 aliphatic carbocycles. The van der Waals surface area contributed by atoms with Crippen molar-refractivity contribution in [1.82, 2.24) is 0 Å². The third-order valence-electron chi connectivity index (χ3n) is 1.60. The molecule has 1 nitrogen and oxygen atoms in total. The van der Waals surface area contributed by atoms with Gasteiger partial charge in [-0.25, -0.2) is 13.2 Å². The Labute approximate surface area is 81.9 Å². The van der Waals surface area contributed by atoms with Crippen LogP contribution in [0.5, 0.6) is 0 Å². The van der Waals surface area contributed by atoms with Crippen LogP contribution in [0.2, 0.25) is 0 Å². The van der Waals surface area contributed by atoms with Crippen LogP contribution < -0.4 is 5.73 Å². The van der Waals surface area contributed by atoms with Crippen molar-refractivity contribution in [1.29, 1.82) is 0 Å². The van der Waals surface area contributed by atoms with Crippen LogP contribution in [0.4, 0.5) is 13.2 Å². The molecule has 0 fully saturated rings. The molecule has 2 N–H and O–H groups in total. The smallest absolute Gasteiger partial charge is 0.257 e. The molecule has 0 amide bonds. The molecule has 0 bridgehead atoms. The summed E-state index contributed by atoms with van der Waals surface area (Å²) in [6.07, 6.45) is -2.64. The van der Waals surface area contributed by atoms with Crippen molar-refractivity contribution in [2.45, 2.75) is 12.5 Å². The average Bonchev–Trinajstić information content (AvgIpc) is 2.08. The van der Waals surface area contributed by atoms with Crippen molar-refractivity contribution in [3.8, 4) is 0 Å². The summed E-state index contributed by atoms with van der Waals surface area (Å²) >= 11 is 2.89. The Balaban J connectivity index is 2.97. The van der Waals surface area contributed by atoms with Gasteiger partial charge in [0, 0.05) is 0 Å². The zero-order valence-corrected chi connectivity index (χ0v) is 8.06. The molecule has 1 rings (SSSR count). The molecule has 13 heavy (non-hydrogen) atoms. The third kappa shape index (κ3) is 2.45. The number of nitrogens with two attached hydrogens (primary N) is 1. The molecular formula is C8H7BrF3N. The highest BCUT2D eigenvalue weighted by Gasteiger charge is 2.17. The Morgan fingerprint density at radius 3 is 2.38 bits per heavy atom. The third-order valence-corrected chi connectivity index (χ3v) is 2.21. The topological polar surface area (TPSA) is 26.0 Å². The molecule has 72 valence electrons. The van der Waals surface area contributed by atoms with E-state index in [2.05, 4.69) is 15.9 Å². The van der Waals surface area contributed by atoms with Crippen molar-refractivity contribution >= 4 is 15.9 Å². The van der Waals surface area contributed by atoms with Crippen molar-refractivity contribution in [2.75, 3.05) is 0 Å². The second-order valence-corrected chi connectivity index (χ2v) is 3.39. The fourth-order valence-electron chi connectivity index (χ4n) is 0.865. The number of alkyl halides is 2. The largest absolute Gasteiger partial charge is 0.319 e. The van der Waals surface area contributed by atoms with Crippen LogP contribution in [-0.4, -0.2) is 6.43 Å². The number of rotatable bonds is 2. The quantitative estimate of drug-likeness (QED) is 0.862. The van der Waals surface area contributed by atoms with Gasteiger partial charge in [-0.2, -0.15) is 0 Å². The van der Waals surface area contributed by atoms with Gasteiger partial charge in [-0.3, -0.25) is 0 Å².